The molecule has 1 heterocycles. The molecule has 0 saturated carbocycles. The highest BCUT2D eigenvalue weighted by atomic mass is 32.1. The Hall–Kier alpha value is -1.40. The molecule has 0 aliphatic carbocycles. The molecule has 1 N–H and O–H groups in total. The molecule has 1 atom stereocenters. The van der Waals surface area contributed by atoms with Crippen molar-refractivity contribution >= 4 is 11.3 Å². The van der Waals surface area contributed by atoms with Crippen molar-refractivity contribution in [2.24, 2.45) is 0 Å². The number of nitrogens with one attached hydrogen (secondary N) is 1. The Morgan fingerprint density at radius 2 is 1.95 bits per heavy atom. The van der Waals surface area contributed by atoms with Crippen molar-refractivity contribution in [3.05, 3.63) is 52.0 Å². The summed E-state index contributed by atoms with van der Waals surface area (Å²) in [5, 5.41) is 3.40. The zero-order valence-electron chi connectivity index (χ0n) is 10.2. The van der Waals surface area contributed by atoms with E-state index in [2.05, 4.69) is 10.3 Å². The second-order valence-electron chi connectivity index (χ2n) is 4.11. The van der Waals surface area contributed by atoms with Crippen molar-refractivity contribution in [2.45, 2.75) is 25.7 Å². The summed E-state index contributed by atoms with van der Waals surface area (Å²) in [5.74, 6) is 0. The fourth-order valence-corrected chi connectivity index (χ4v) is 2.50. The van der Waals surface area contributed by atoms with Crippen molar-refractivity contribution in [3.8, 4) is 0 Å². The van der Waals surface area contributed by atoms with Gasteiger partial charge in [0.25, 0.3) is 0 Å². The Bertz CT molecular complexity index is 522. The Morgan fingerprint density at radius 1 is 1.26 bits per heavy atom. The lowest BCUT2D eigenvalue weighted by Crippen LogP contribution is -2.33. The van der Waals surface area contributed by atoms with Crippen LogP contribution in [0.2, 0.25) is 0 Å². The normalized spacial score (nSPS) is 13.5. The standard InChI is InChI=1S/C13H13F3N2S/c1-9-17-7-11(19-9)8-18-12(13(14,15)16)10-5-3-2-4-6-10/h2-7,12,18H,8H2,1H3. The van der Waals surface area contributed by atoms with Gasteiger partial charge in [-0.2, -0.15) is 13.2 Å². The maximum Gasteiger partial charge on any atom is 0.407 e. The van der Waals surface area contributed by atoms with Gasteiger partial charge in [-0.25, -0.2) is 4.98 Å². The average molecular weight is 286 g/mol. The van der Waals surface area contributed by atoms with E-state index in [1.807, 2.05) is 6.92 Å². The molecule has 2 rings (SSSR count). The van der Waals surface area contributed by atoms with Crippen LogP contribution in [0.4, 0.5) is 13.2 Å². The van der Waals surface area contributed by atoms with Crippen LogP contribution in [0.5, 0.6) is 0 Å². The lowest BCUT2D eigenvalue weighted by Gasteiger charge is -2.21. The van der Waals surface area contributed by atoms with Gasteiger partial charge in [-0.15, -0.1) is 11.3 Å². The van der Waals surface area contributed by atoms with Crippen molar-refractivity contribution in [2.75, 3.05) is 0 Å². The Kier molecular flexibility index (Phi) is 4.21. The number of nitrogens with zero attached hydrogens (tertiary/aromatic N) is 1. The van der Waals surface area contributed by atoms with E-state index < -0.39 is 12.2 Å². The molecule has 0 fully saturated rings. The minimum atomic E-state index is -4.32. The molecule has 6 heteroatoms. The molecule has 2 aromatic rings. The van der Waals surface area contributed by atoms with Gasteiger partial charge < -0.3 is 0 Å². The highest BCUT2D eigenvalue weighted by Crippen LogP contribution is 2.32. The number of halogens is 3. The van der Waals surface area contributed by atoms with Gasteiger partial charge >= 0.3 is 6.18 Å². The molecule has 1 aromatic carbocycles. The van der Waals surface area contributed by atoms with Crippen molar-refractivity contribution in [3.63, 3.8) is 0 Å². The molecule has 0 radical (unpaired) electrons. The van der Waals surface area contributed by atoms with Gasteiger partial charge in [0.1, 0.15) is 6.04 Å². The molecule has 0 saturated heterocycles. The van der Waals surface area contributed by atoms with Crippen molar-refractivity contribution < 1.29 is 13.2 Å². The summed E-state index contributed by atoms with van der Waals surface area (Å²) in [6.07, 6.45) is -2.72. The third kappa shape index (κ3) is 3.78. The third-order valence-electron chi connectivity index (χ3n) is 2.61. The number of hydrogen-bond acceptors (Lipinski definition) is 3. The first-order valence-electron chi connectivity index (χ1n) is 5.73. The lowest BCUT2D eigenvalue weighted by molar-refractivity contribution is -0.158. The quantitative estimate of drug-likeness (QED) is 0.923. The fraction of sp³-hybridized carbons (Fsp3) is 0.308. The number of aryl methyl sites for hydroxylation is 1. The summed E-state index contributed by atoms with van der Waals surface area (Å²) in [6, 6.07) is 6.20. The van der Waals surface area contributed by atoms with Gasteiger partial charge in [-0.3, -0.25) is 5.32 Å². The second-order valence-corrected chi connectivity index (χ2v) is 5.43. The van der Waals surface area contributed by atoms with Gasteiger partial charge in [0.05, 0.1) is 5.01 Å². The summed E-state index contributed by atoms with van der Waals surface area (Å²) < 4.78 is 39.1. The smallest absolute Gasteiger partial charge is 0.297 e. The van der Waals surface area contributed by atoms with Crippen LogP contribution < -0.4 is 5.32 Å². The first kappa shape index (κ1) is 14.0. The summed E-state index contributed by atoms with van der Waals surface area (Å²) >= 11 is 1.39. The zero-order valence-corrected chi connectivity index (χ0v) is 11.1. The maximum atomic E-state index is 13.0. The lowest BCUT2D eigenvalue weighted by atomic mass is 10.1. The number of rotatable bonds is 4. The molecule has 1 unspecified atom stereocenters. The van der Waals surface area contributed by atoms with Crippen LogP contribution in [0, 0.1) is 6.92 Å². The van der Waals surface area contributed by atoms with E-state index in [4.69, 9.17) is 0 Å². The highest BCUT2D eigenvalue weighted by molar-refractivity contribution is 7.11. The van der Waals surface area contributed by atoms with Gasteiger partial charge in [-0.1, -0.05) is 30.3 Å². The van der Waals surface area contributed by atoms with Crippen molar-refractivity contribution in [1.82, 2.24) is 10.3 Å². The summed E-state index contributed by atoms with van der Waals surface area (Å²) in [6.45, 7) is 1.98. The van der Waals surface area contributed by atoms with E-state index in [1.54, 1.807) is 24.4 Å². The van der Waals surface area contributed by atoms with Crippen LogP contribution in [-0.2, 0) is 6.54 Å². The summed E-state index contributed by atoms with van der Waals surface area (Å²) in [7, 11) is 0. The third-order valence-corrected chi connectivity index (χ3v) is 3.52. The topological polar surface area (TPSA) is 24.9 Å². The number of aromatic nitrogens is 1. The molecular formula is C13H13F3N2S. The van der Waals surface area contributed by atoms with Crippen LogP contribution in [0.1, 0.15) is 21.5 Å². The average Bonchev–Trinajstić information content (AvgIpc) is 2.75. The molecule has 0 amide bonds. The fourth-order valence-electron chi connectivity index (χ4n) is 1.76. The van der Waals surface area contributed by atoms with Crippen LogP contribution in [0.25, 0.3) is 0 Å². The largest absolute Gasteiger partial charge is 0.407 e. The Labute approximate surface area is 113 Å². The molecule has 19 heavy (non-hydrogen) atoms. The van der Waals surface area contributed by atoms with E-state index in [0.29, 0.717) is 0 Å². The van der Waals surface area contributed by atoms with Gasteiger partial charge in [0, 0.05) is 17.6 Å². The van der Waals surface area contributed by atoms with E-state index in [9.17, 15) is 13.2 Å². The predicted octanol–water partition coefficient (Wildman–Crippen LogP) is 3.84. The SMILES string of the molecule is Cc1ncc(CNC(c2ccccc2)C(F)(F)F)s1. The first-order chi connectivity index (χ1) is 8.97. The minimum Gasteiger partial charge on any atom is -0.297 e. The van der Waals surface area contributed by atoms with Crippen molar-refractivity contribution in [1.29, 1.82) is 0 Å². The molecule has 0 aliphatic heterocycles. The maximum absolute atomic E-state index is 13.0. The first-order valence-corrected chi connectivity index (χ1v) is 6.55. The second kappa shape index (κ2) is 5.71. The summed E-state index contributed by atoms with van der Waals surface area (Å²) in [5.41, 5.74) is 0.219. The van der Waals surface area contributed by atoms with Crippen LogP contribution >= 0.6 is 11.3 Å². The molecule has 0 bridgehead atoms. The van der Waals surface area contributed by atoms with Crippen LogP contribution in [0.15, 0.2) is 36.5 Å². The minimum absolute atomic E-state index is 0.157. The van der Waals surface area contributed by atoms with E-state index >= 15 is 0 Å². The Balaban J connectivity index is 2.11. The van der Waals surface area contributed by atoms with Crippen LogP contribution in [-0.4, -0.2) is 11.2 Å². The zero-order chi connectivity index (χ0) is 13.9. The van der Waals surface area contributed by atoms with E-state index in [0.717, 1.165) is 9.88 Å². The van der Waals surface area contributed by atoms with Gasteiger partial charge in [0.2, 0.25) is 0 Å². The van der Waals surface area contributed by atoms with E-state index in [-0.39, 0.29) is 12.1 Å². The monoisotopic (exact) mass is 286 g/mol. The summed E-state index contributed by atoms with van der Waals surface area (Å²) in [4.78, 5) is 4.82. The van der Waals surface area contributed by atoms with Crippen LogP contribution in [0.3, 0.4) is 0 Å². The van der Waals surface area contributed by atoms with E-state index in [1.165, 1.54) is 23.5 Å². The molecular weight excluding hydrogens is 273 g/mol. The number of alkyl halides is 3. The number of benzene rings is 1. The molecule has 0 aliphatic rings. The molecule has 1 aromatic heterocycles. The number of hydrogen-bond donors (Lipinski definition) is 1. The predicted molar refractivity (Wildman–Crippen MR) is 68.9 cm³/mol. The Morgan fingerprint density at radius 3 is 2.47 bits per heavy atom. The molecule has 102 valence electrons. The highest BCUT2D eigenvalue weighted by Gasteiger charge is 2.40. The molecule has 2 nitrogen and oxygen atoms in total. The van der Waals surface area contributed by atoms with Gasteiger partial charge in [0.15, 0.2) is 0 Å². The molecule has 0 spiro atoms. The van der Waals surface area contributed by atoms with Gasteiger partial charge in [-0.05, 0) is 12.5 Å². The number of thiazole rings is 1.